The first-order chi connectivity index (χ1) is 12.4. The molecule has 1 aliphatic rings. The molecule has 1 aliphatic heterocycles. The van der Waals surface area contributed by atoms with Crippen LogP contribution in [0.4, 0.5) is 13.2 Å². The summed E-state index contributed by atoms with van der Waals surface area (Å²) in [6.45, 7) is 5.53. The molecule has 0 saturated carbocycles. The van der Waals surface area contributed by atoms with Gasteiger partial charge in [-0.15, -0.1) is 11.8 Å². The molecule has 0 bridgehead atoms. The molecule has 0 radical (unpaired) electrons. The van der Waals surface area contributed by atoms with Crippen LogP contribution in [-0.2, 0) is 15.8 Å². The highest BCUT2D eigenvalue weighted by Crippen LogP contribution is 2.32. The first kappa shape index (κ1) is 21.6. The van der Waals surface area contributed by atoms with Gasteiger partial charge in [0.05, 0.1) is 11.4 Å². The van der Waals surface area contributed by atoms with Crippen LogP contribution < -0.4 is 5.32 Å². The number of nitrogens with zero attached hydrogens (tertiary/aromatic N) is 1. The molecule has 27 heavy (non-hydrogen) atoms. The third kappa shape index (κ3) is 5.90. The second kappa shape index (κ2) is 8.14. The molecule has 1 aromatic rings. The van der Waals surface area contributed by atoms with Crippen LogP contribution in [0.25, 0.3) is 6.08 Å². The normalized spacial score (nSPS) is 18.2. The molecule has 0 aromatic heterocycles. The number of rotatable bonds is 3. The highest BCUT2D eigenvalue weighted by molar-refractivity contribution is 7.99. The highest BCUT2D eigenvalue weighted by atomic mass is 35.5. The van der Waals surface area contributed by atoms with E-state index in [0.717, 1.165) is 24.3 Å². The van der Waals surface area contributed by atoms with Gasteiger partial charge in [-0.05, 0) is 50.6 Å². The first-order valence-corrected chi connectivity index (χ1v) is 9.67. The third-order valence-corrected chi connectivity index (χ3v) is 5.05. The maximum atomic E-state index is 12.8. The minimum Gasteiger partial charge on any atom is -0.350 e. The fourth-order valence-corrected chi connectivity index (χ4v) is 3.78. The molecule has 4 nitrogen and oxygen atoms in total. The lowest BCUT2D eigenvalue weighted by Crippen LogP contribution is -2.52. The van der Waals surface area contributed by atoms with Crippen LogP contribution in [0.3, 0.4) is 0 Å². The minimum absolute atomic E-state index is 0.0855. The molecular formula is C18H20ClF3N2O2S. The van der Waals surface area contributed by atoms with E-state index in [9.17, 15) is 22.8 Å². The van der Waals surface area contributed by atoms with Gasteiger partial charge in [0.25, 0.3) is 0 Å². The number of nitrogens with one attached hydrogen (secondary N) is 1. The van der Waals surface area contributed by atoms with Gasteiger partial charge < -0.3 is 10.2 Å². The van der Waals surface area contributed by atoms with Gasteiger partial charge in [0.1, 0.15) is 6.04 Å². The van der Waals surface area contributed by atoms with Crippen LogP contribution in [0.15, 0.2) is 24.3 Å². The summed E-state index contributed by atoms with van der Waals surface area (Å²) in [5.74, 6) is 0.0851. The SMILES string of the molecule is CC(C)(C)NC(=O)C1CSCN1C(=O)/C=C/c1cc(C(F)(F)F)ccc1Cl. The number of hydrogen-bond donors (Lipinski definition) is 1. The Kier molecular flexibility index (Phi) is 6.52. The van der Waals surface area contributed by atoms with Crippen molar-refractivity contribution >= 4 is 41.3 Å². The van der Waals surface area contributed by atoms with Gasteiger partial charge in [-0.3, -0.25) is 9.59 Å². The van der Waals surface area contributed by atoms with E-state index in [-0.39, 0.29) is 16.5 Å². The van der Waals surface area contributed by atoms with Gasteiger partial charge in [0, 0.05) is 22.4 Å². The first-order valence-electron chi connectivity index (χ1n) is 8.14. The predicted octanol–water partition coefficient (Wildman–Crippen LogP) is 4.19. The molecule has 9 heteroatoms. The summed E-state index contributed by atoms with van der Waals surface area (Å²) in [6.07, 6.45) is -2.12. The van der Waals surface area contributed by atoms with Gasteiger partial charge >= 0.3 is 6.18 Å². The number of benzene rings is 1. The second-order valence-corrected chi connectivity index (χ2v) is 8.54. The molecule has 2 rings (SSSR count). The number of halogens is 4. The van der Waals surface area contributed by atoms with Crippen LogP contribution in [0.1, 0.15) is 31.9 Å². The summed E-state index contributed by atoms with van der Waals surface area (Å²) < 4.78 is 38.5. The molecule has 0 spiro atoms. The lowest BCUT2D eigenvalue weighted by Gasteiger charge is -2.27. The van der Waals surface area contributed by atoms with E-state index < -0.39 is 29.2 Å². The van der Waals surface area contributed by atoms with E-state index in [1.807, 2.05) is 20.8 Å². The number of carbonyl (C=O) groups excluding carboxylic acids is 2. The topological polar surface area (TPSA) is 49.4 Å². The van der Waals surface area contributed by atoms with Crippen molar-refractivity contribution < 1.29 is 22.8 Å². The Balaban J connectivity index is 2.15. The monoisotopic (exact) mass is 420 g/mol. The lowest BCUT2D eigenvalue weighted by molar-refractivity contribution is -0.137. The predicted molar refractivity (Wildman–Crippen MR) is 101 cm³/mol. The van der Waals surface area contributed by atoms with Gasteiger partial charge in [-0.1, -0.05) is 11.6 Å². The van der Waals surface area contributed by atoms with Crippen LogP contribution in [0.5, 0.6) is 0 Å². The molecule has 1 heterocycles. The number of thioether (sulfide) groups is 1. The molecule has 1 saturated heterocycles. The summed E-state index contributed by atoms with van der Waals surface area (Å²) in [6, 6.07) is 2.28. The molecule has 1 aromatic carbocycles. The van der Waals surface area contributed by atoms with E-state index in [1.54, 1.807) is 0 Å². The van der Waals surface area contributed by atoms with Gasteiger partial charge in [0.15, 0.2) is 0 Å². The Morgan fingerprint density at radius 3 is 2.56 bits per heavy atom. The Labute approximate surface area is 165 Å². The van der Waals surface area contributed by atoms with Crippen LogP contribution >= 0.6 is 23.4 Å². The zero-order valence-corrected chi connectivity index (χ0v) is 16.6. The van der Waals surface area contributed by atoms with E-state index in [0.29, 0.717) is 11.6 Å². The quantitative estimate of drug-likeness (QED) is 0.746. The Morgan fingerprint density at radius 1 is 1.30 bits per heavy atom. The zero-order chi connectivity index (χ0) is 20.4. The summed E-state index contributed by atoms with van der Waals surface area (Å²) >= 11 is 7.37. The molecule has 148 valence electrons. The Hall–Kier alpha value is -1.67. The second-order valence-electron chi connectivity index (χ2n) is 7.13. The van der Waals surface area contributed by atoms with Crippen LogP contribution in [0, 0.1) is 0 Å². The summed E-state index contributed by atoms with van der Waals surface area (Å²) in [5.41, 5.74) is -1.19. The Bertz CT molecular complexity index is 760. The van der Waals surface area contributed by atoms with Gasteiger partial charge in [0.2, 0.25) is 11.8 Å². The number of alkyl halides is 3. The molecule has 0 aliphatic carbocycles. The fourth-order valence-electron chi connectivity index (χ4n) is 2.43. The third-order valence-electron chi connectivity index (χ3n) is 3.70. The summed E-state index contributed by atoms with van der Waals surface area (Å²) in [5, 5.41) is 2.94. The van der Waals surface area contributed by atoms with Crippen molar-refractivity contribution in [3.05, 3.63) is 40.4 Å². The highest BCUT2D eigenvalue weighted by Gasteiger charge is 2.35. The van der Waals surface area contributed by atoms with Gasteiger partial charge in [-0.25, -0.2) is 0 Å². The van der Waals surface area contributed by atoms with E-state index in [4.69, 9.17) is 11.6 Å². The van der Waals surface area contributed by atoms with E-state index in [2.05, 4.69) is 5.32 Å². The standard InChI is InChI=1S/C18H20ClF3N2O2S/c1-17(2,3)23-16(26)14-9-27-10-24(14)15(25)7-4-11-8-12(18(20,21)22)5-6-13(11)19/h4-8,14H,9-10H2,1-3H3,(H,23,26)/b7-4+. The fraction of sp³-hybridized carbons (Fsp3) is 0.444. The molecule has 1 fully saturated rings. The molecule has 1 unspecified atom stereocenters. The average Bonchev–Trinajstić information content (AvgIpc) is 3.01. The van der Waals surface area contributed by atoms with Crippen molar-refractivity contribution in [2.75, 3.05) is 11.6 Å². The molecular weight excluding hydrogens is 401 g/mol. The van der Waals surface area contributed by atoms with Crippen LogP contribution in [-0.4, -0.2) is 39.9 Å². The summed E-state index contributed by atoms with van der Waals surface area (Å²) in [4.78, 5) is 26.2. The van der Waals surface area contributed by atoms with E-state index in [1.165, 1.54) is 22.7 Å². The Morgan fingerprint density at radius 2 is 1.96 bits per heavy atom. The number of carbonyl (C=O) groups is 2. The van der Waals surface area contributed by atoms with Crippen molar-refractivity contribution in [1.82, 2.24) is 10.2 Å². The van der Waals surface area contributed by atoms with Crippen molar-refractivity contribution in [3.63, 3.8) is 0 Å². The van der Waals surface area contributed by atoms with Crippen LogP contribution in [0.2, 0.25) is 5.02 Å². The number of hydrogen-bond acceptors (Lipinski definition) is 3. The van der Waals surface area contributed by atoms with Crippen molar-refractivity contribution in [2.24, 2.45) is 0 Å². The maximum absolute atomic E-state index is 12.8. The van der Waals surface area contributed by atoms with Crippen molar-refractivity contribution in [1.29, 1.82) is 0 Å². The van der Waals surface area contributed by atoms with Gasteiger partial charge in [-0.2, -0.15) is 13.2 Å². The van der Waals surface area contributed by atoms with E-state index >= 15 is 0 Å². The zero-order valence-electron chi connectivity index (χ0n) is 15.1. The van der Waals surface area contributed by atoms with Crippen molar-refractivity contribution in [3.8, 4) is 0 Å². The molecule has 1 N–H and O–H groups in total. The minimum atomic E-state index is -4.50. The molecule has 1 atom stereocenters. The molecule has 2 amide bonds. The smallest absolute Gasteiger partial charge is 0.350 e. The van der Waals surface area contributed by atoms with Crippen molar-refractivity contribution in [2.45, 2.75) is 38.5 Å². The number of amides is 2. The largest absolute Gasteiger partial charge is 0.416 e. The lowest BCUT2D eigenvalue weighted by atomic mass is 10.1. The summed E-state index contributed by atoms with van der Waals surface area (Å²) in [7, 11) is 0. The average molecular weight is 421 g/mol. The maximum Gasteiger partial charge on any atom is 0.416 e.